The number of benzene rings is 1. The highest BCUT2D eigenvalue weighted by atomic mass is 32.1. The lowest BCUT2D eigenvalue weighted by atomic mass is 10.1. The Morgan fingerprint density at radius 2 is 1.96 bits per heavy atom. The largest absolute Gasteiger partial charge is 0.497 e. The van der Waals surface area contributed by atoms with Gasteiger partial charge in [-0.1, -0.05) is 19.9 Å². The van der Waals surface area contributed by atoms with Crippen molar-refractivity contribution in [2.24, 2.45) is 0 Å². The number of thiophene rings is 1. The summed E-state index contributed by atoms with van der Waals surface area (Å²) in [5.41, 5.74) is 1.94. The fourth-order valence-corrected chi connectivity index (χ4v) is 4.28. The van der Waals surface area contributed by atoms with E-state index in [2.05, 4.69) is 44.0 Å². The molecule has 0 fully saturated rings. The zero-order valence-corrected chi connectivity index (χ0v) is 18.7. The SMILES string of the molecule is CCN(CC)CCCC(C)N(Cc1sccc1C)C(=O)c1cccc(OC)c1. The van der Waals surface area contributed by atoms with E-state index in [9.17, 15) is 4.79 Å². The monoisotopic (exact) mass is 402 g/mol. The van der Waals surface area contributed by atoms with E-state index in [0.717, 1.165) is 32.5 Å². The van der Waals surface area contributed by atoms with E-state index in [0.29, 0.717) is 17.9 Å². The molecule has 1 atom stereocenters. The Hall–Kier alpha value is -1.85. The standard InChI is InChI=1S/C23H34N2O2S/c1-6-24(7-2)14-9-10-19(4)25(17-22-18(3)13-15-28-22)23(26)20-11-8-12-21(16-20)27-5/h8,11-13,15-16,19H,6-7,9-10,14,17H2,1-5H3. The van der Waals surface area contributed by atoms with Gasteiger partial charge in [0.25, 0.3) is 5.91 Å². The molecule has 1 amide bonds. The molecule has 1 unspecified atom stereocenters. The van der Waals surface area contributed by atoms with Crippen LogP contribution >= 0.6 is 11.3 Å². The smallest absolute Gasteiger partial charge is 0.254 e. The minimum Gasteiger partial charge on any atom is -0.497 e. The molecule has 5 heteroatoms. The highest BCUT2D eigenvalue weighted by Gasteiger charge is 2.23. The molecule has 1 heterocycles. The van der Waals surface area contributed by atoms with E-state index >= 15 is 0 Å². The molecular weight excluding hydrogens is 368 g/mol. The van der Waals surface area contributed by atoms with E-state index < -0.39 is 0 Å². The number of ether oxygens (including phenoxy) is 1. The Morgan fingerprint density at radius 1 is 1.21 bits per heavy atom. The third-order valence-electron chi connectivity index (χ3n) is 5.38. The Morgan fingerprint density at radius 3 is 2.57 bits per heavy atom. The molecule has 0 aliphatic rings. The molecule has 0 aliphatic carbocycles. The maximum atomic E-state index is 13.4. The van der Waals surface area contributed by atoms with Crippen molar-refractivity contribution in [3.63, 3.8) is 0 Å². The number of rotatable bonds is 11. The molecule has 1 aromatic carbocycles. The van der Waals surface area contributed by atoms with Gasteiger partial charge in [-0.2, -0.15) is 0 Å². The van der Waals surface area contributed by atoms with Crippen molar-refractivity contribution in [2.75, 3.05) is 26.7 Å². The van der Waals surface area contributed by atoms with Crippen LogP contribution in [0, 0.1) is 6.92 Å². The van der Waals surface area contributed by atoms with Gasteiger partial charge >= 0.3 is 0 Å². The predicted molar refractivity (Wildman–Crippen MR) is 118 cm³/mol. The number of aryl methyl sites for hydroxylation is 1. The van der Waals surface area contributed by atoms with Crippen LogP contribution in [0.1, 0.15) is 54.4 Å². The van der Waals surface area contributed by atoms with Gasteiger partial charge in [0.2, 0.25) is 0 Å². The molecule has 2 rings (SSSR count). The lowest BCUT2D eigenvalue weighted by molar-refractivity contribution is 0.0664. The van der Waals surface area contributed by atoms with Crippen molar-refractivity contribution >= 4 is 17.2 Å². The number of hydrogen-bond acceptors (Lipinski definition) is 4. The molecule has 1 aromatic heterocycles. The van der Waals surface area contributed by atoms with Crippen molar-refractivity contribution in [3.8, 4) is 5.75 Å². The molecule has 0 radical (unpaired) electrons. The van der Waals surface area contributed by atoms with Gasteiger partial charge in [0.05, 0.1) is 13.7 Å². The third kappa shape index (κ3) is 6.08. The number of nitrogens with zero attached hydrogens (tertiary/aromatic N) is 2. The van der Waals surface area contributed by atoms with E-state index in [1.165, 1.54) is 10.4 Å². The first-order valence-corrected chi connectivity index (χ1v) is 11.1. The zero-order chi connectivity index (χ0) is 20.5. The van der Waals surface area contributed by atoms with Crippen LogP contribution in [0.2, 0.25) is 0 Å². The van der Waals surface area contributed by atoms with Crippen LogP contribution < -0.4 is 4.74 Å². The topological polar surface area (TPSA) is 32.8 Å². The number of amides is 1. The van der Waals surface area contributed by atoms with Crippen LogP contribution in [0.3, 0.4) is 0 Å². The van der Waals surface area contributed by atoms with Gasteiger partial charge in [-0.05, 0) is 81.5 Å². The average molecular weight is 403 g/mol. The van der Waals surface area contributed by atoms with Gasteiger partial charge in [0, 0.05) is 16.5 Å². The third-order valence-corrected chi connectivity index (χ3v) is 6.39. The summed E-state index contributed by atoms with van der Waals surface area (Å²) in [6.07, 6.45) is 2.09. The van der Waals surface area contributed by atoms with Crippen LogP contribution in [0.5, 0.6) is 5.75 Å². The Balaban J connectivity index is 2.16. The van der Waals surface area contributed by atoms with Crippen LogP contribution in [0.25, 0.3) is 0 Å². The van der Waals surface area contributed by atoms with Crippen molar-refractivity contribution in [3.05, 3.63) is 51.7 Å². The fraction of sp³-hybridized carbons (Fsp3) is 0.522. The van der Waals surface area contributed by atoms with E-state index in [1.54, 1.807) is 18.4 Å². The number of carbonyl (C=O) groups is 1. The molecule has 0 N–H and O–H groups in total. The Bertz CT molecular complexity index is 740. The first-order chi connectivity index (χ1) is 13.5. The Labute approximate surface area is 174 Å². The van der Waals surface area contributed by atoms with E-state index in [4.69, 9.17) is 4.74 Å². The van der Waals surface area contributed by atoms with E-state index in [1.807, 2.05) is 29.2 Å². The normalized spacial score (nSPS) is 12.2. The summed E-state index contributed by atoms with van der Waals surface area (Å²) >= 11 is 1.72. The van der Waals surface area contributed by atoms with Crippen molar-refractivity contribution < 1.29 is 9.53 Å². The minimum atomic E-state index is 0.0713. The summed E-state index contributed by atoms with van der Waals surface area (Å²) in [5.74, 6) is 0.786. The maximum absolute atomic E-state index is 13.4. The molecule has 154 valence electrons. The van der Waals surface area contributed by atoms with Gasteiger partial charge in [-0.25, -0.2) is 0 Å². The summed E-state index contributed by atoms with van der Waals surface area (Å²) < 4.78 is 5.31. The van der Waals surface area contributed by atoms with Crippen LogP contribution in [0.15, 0.2) is 35.7 Å². The van der Waals surface area contributed by atoms with Gasteiger partial charge in [0.15, 0.2) is 0 Å². The van der Waals surface area contributed by atoms with Gasteiger partial charge in [-0.3, -0.25) is 4.79 Å². The van der Waals surface area contributed by atoms with Gasteiger partial charge < -0.3 is 14.5 Å². The highest BCUT2D eigenvalue weighted by Crippen LogP contribution is 2.23. The lowest BCUT2D eigenvalue weighted by Gasteiger charge is -2.30. The molecule has 2 aromatic rings. The quantitative estimate of drug-likeness (QED) is 0.517. The van der Waals surface area contributed by atoms with Crippen LogP contribution in [0.4, 0.5) is 0 Å². The number of methoxy groups -OCH3 is 1. The first-order valence-electron chi connectivity index (χ1n) is 10.2. The summed E-state index contributed by atoms with van der Waals surface area (Å²) in [5, 5.41) is 2.10. The van der Waals surface area contributed by atoms with Crippen molar-refractivity contribution in [1.29, 1.82) is 0 Å². The molecule has 28 heavy (non-hydrogen) atoms. The van der Waals surface area contributed by atoms with Crippen LogP contribution in [-0.2, 0) is 6.54 Å². The van der Waals surface area contributed by atoms with Gasteiger partial charge in [-0.15, -0.1) is 11.3 Å². The van der Waals surface area contributed by atoms with Gasteiger partial charge in [0.1, 0.15) is 5.75 Å². The maximum Gasteiger partial charge on any atom is 0.254 e. The zero-order valence-electron chi connectivity index (χ0n) is 17.9. The van der Waals surface area contributed by atoms with Crippen molar-refractivity contribution in [2.45, 2.75) is 53.1 Å². The summed E-state index contributed by atoms with van der Waals surface area (Å²) in [4.78, 5) is 19.1. The summed E-state index contributed by atoms with van der Waals surface area (Å²) in [7, 11) is 1.63. The molecular formula is C23H34N2O2S. The second kappa shape index (κ2) is 11.2. The second-order valence-electron chi connectivity index (χ2n) is 7.21. The number of hydrogen-bond donors (Lipinski definition) is 0. The summed E-state index contributed by atoms with van der Waals surface area (Å²) in [6.45, 7) is 12.6. The van der Waals surface area contributed by atoms with E-state index in [-0.39, 0.29) is 11.9 Å². The molecule has 0 aliphatic heterocycles. The highest BCUT2D eigenvalue weighted by molar-refractivity contribution is 7.10. The molecule has 4 nitrogen and oxygen atoms in total. The number of carbonyl (C=O) groups excluding carboxylic acids is 1. The molecule has 0 saturated heterocycles. The average Bonchev–Trinajstić information content (AvgIpc) is 3.13. The summed E-state index contributed by atoms with van der Waals surface area (Å²) in [6, 6.07) is 9.76. The predicted octanol–water partition coefficient (Wildman–Crippen LogP) is 5.22. The fourth-order valence-electron chi connectivity index (χ4n) is 3.38. The van der Waals surface area contributed by atoms with Crippen molar-refractivity contribution in [1.82, 2.24) is 9.80 Å². The molecule has 0 saturated carbocycles. The minimum absolute atomic E-state index is 0.0713. The van der Waals surface area contributed by atoms with Crippen LogP contribution in [-0.4, -0.2) is 48.5 Å². The molecule has 0 bridgehead atoms. The first kappa shape index (κ1) is 22.4. The Kier molecular flexibility index (Phi) is 9.00. The molecule has 0 spiro atoms. The second-order valence-corrected chi connectivity index (χ2v) is 8.21. The lowest BCUT2D eigenvalue weighted by Crippen LogP contribution is -2.38.